The zero-order chi connectivity index (χ0) is 7.72. The quantitative estimate of drug-likeness (QED) is 0.531. The molecule has 1 aliphatic heterocycles. The molecule has 10 heavy (non-hydrogen) atoms. The summed E-state index contributed by atoms with van der Waals surface area (Å²) in [5.74, 6) is 0.645. The van der Waals surface area contributed by atoms with E-state index in [9.17, 15) is 4.79 Å². The number of hydrogen-bond acceptors (Lipinski definition) is 1. The Bertz CT molecular complexity index is 172. The van der Waals surface area contributed by atoms with E-state index in [0.717, 1.165) is 0 Å². The van der Waals surface area contributed by atoms with E-state index >= 15 is 0 Å². The maximum absolute atomic E-state index is 10.9. The van der Waals surface area contributed by atoms with E-state index in [1.807, 2.05) is 13.1 Å². The predicted octanol–water partition coefficient (Wildman–Crippen LogP) is 1.04. The number of carbonyl (C=O) groups is 1. The monoisotopic (exact) mass is 139 g/mol. The van der Waals surface area contributed by atoms with Crippen LogP contribution in [-0.4, -0.2) is 23.9 Å². The van der Waals surface area contributed by atoms with E-state index in [-0.39, 0.29) is 5.91 Å². The highest BCUT2D eigenvalue weighted by Gasteiger charge is 2.23. The molecule has 0 bridgehead atoms. The number of amides is 1. The molecule has 0 aromatic carbocycles. The van der Waals surface area contributed by atoms with Crippen molar-refractivity contribution >= 4 is 5.91 Å². The maximum atomic E-state index is 10.9. The van der Waals surface area contributed by atoms with Gasteiger partial charge in [0.1, 0.15) is 0 Å². The molecule has 1 atom stereocenters. The van der Waals surface area contributed by atoms with Gasteiger partial charge in [0.15, 0.2) is 0 Å². The van der Waals surface area contributed by atoms with Crippen LogP contribution >= 0.6 is 0 Å². The smallest absolute Gasteiger partial charge is 0.246 e. The molecule has 0 saturated heterocycles. The van der Waals surface area contributed by atoms with Crippen molar-refractivity contribution in [1.29, 1.82) is 0 Å². The summed E-state index contributed by atoms with van der Waals surface area (Å²) in [6.45, 7) is 4.23. The molecule has 1 amide bonds. The van der Waals surface area contributed by atoms with E-state index in [4.69, 9.17) is 0 Å². The number of likely N-dealkylation sites (N-methyl/N-ethyl adjacent to an activating group) is 1. The Morgan fingerprint density at radius 1 is 1.60 bits per heavy atom. The van der Waals surface area contributed by atoms with Gasteiger partial charge in [-0.15, -0.1) is 0 Å². The molecule has 2 nitrogen and oxygen atoms in total. The van der Waals surface area contributed by atoms with Gasteiger partial charge in [0.25, 0.3) is 0 Å². The topological polar surface area (TPSA) is 20.3 Å². The predicted molar refractivity (Wildman–Crippen MR) is 40.5 cm³/mol. The number of hydrogen-bond donors (Lipinski definition) is 0. The first-order chi connectivity index (χ1) is 4.63. The Hall–Kier alpha value is -0.790. The molecular formula is C8H13NO. The lowest BCUT2D eigenvalue weighted by Crippen LogP contribution is -2.33. The fourth-order valence-corrected chi connectivity index (χ4v) is 1.24. The van der Waals surface area contributed by atoms with E-state index in [1.54, 1.807) is 11.0 Å². The van der Waals surface area contributed by atoms with Crippen molar-refractivity contribution in [3.8, 4) is 0 Å². The average molecular weight is 139 g/mol. The third-order valence-corrected chi connectivity index (χ3v) is 1.91. The summed E-state index contributed by atoms with van der Waals surface area (Å²) in [5, 5.41) is 0. The van der Waals surface area contributed by atoms with Crippen molar-refractivity contribution in [2.45, 2.75) is 19.9 Å². The molecule has 0 radical (unpaired) electrons. The highest BCUT2D eigenvalue weighted by molar-refractivity contribution is 5.90. The van der Waals surface area contributed by atoms with Gasteiger partial charge in [-0.2, -0.15) is 0 Å². The number of rotatable bonds is 1. The zero-order valence-corrected chi connectivity index (χ0v) is 6.66. The molecule has 0 aromatic rings. The van der Waals surface area contributed by atoms with Crippen LogP contribution in [0.4, 0.5) is 0 Å². The fourth-order valence-electron chi connectivity index (χ4n) is 1.24. The molecule has 1 aliphatic rings. The fraction of sp³-hybridized carbons (Fsp3) is 0.625. The van der Waals surface area contributed by atoms with Crippen LogP contribution < -0.4 is 0 Å². The van der Waals surface area contributed by atoms with Crippen LogP contribution in [0.15, 0.2) is 12.2 Å². The second kappa shape index (κ2) is 2.45. The van der Waals surface area contributed by atoms with Gasteiger partial charge in [0.2, 0.25) is 5.91 Å². The number of nitrogens with zero attached hydrogens (tertiary/aromatic N) is 1. The van der Waals surface area contributed by atoms with E-state index in [0.29, 0.717) is 12.0 Å². The van der Waals surface area contributed by atoms with Crippen LogP contribution in [0.2, 0.25) is 0 Å². The van der Waals surface area contributed by atoms with Gasteiger partial charge in [0, 0.05) is 13.1 Å². The third-order valence-electron chi connectivity index (χ3n) is 1.91. The number of carbonyl (C=O) groups excluding carboxylic acids is 1. The van der Waals surface area contributed by atoms with Gasteiger partial charge in [0.05, 0.1) is 6.04 Å². The first kappa shape index (κ1) is 7.32. The Kier molecular flexibility index (Phi) is 1.79. The first-order valence-electron chi connectivity index (χ1n) is 3.58. The summed E-state index contributed by atoms with van der Waals surface area (Å²) in [7, 11) is 1.84. The van der Waals surface area contributed by atoms with Crippen LogP contribution in [0, 0.1) is 5.92 Å². The maximum Gasteiger partial charge on any atom is 0.246 e. The second-order valence-electron chi connectivity index (χ2n) is 3.04. The van der Waals surface area contributed by atoms with Crippen molar-refractivity contribution in [3.63, 3.8) is 0 Å². The molecule has 0 unspecified atom stereocenters. The van der Waals surface area contributed by atoms with E-state index in [1.165, 1.54) is 0 Å². The molecule has 0 fully saturated rings. The van der Waals surface area contributed by atoms with Crippen LogP contribution in [0.5, 0.6) is 0 Å². The van der Waals surface area contributed by atoms with Crippen LogP contribution in [0.3, 0.4) is 0 Å². The molecule has 2 heteroatoms. The highest BCUT2D eigenvalue weighted by Crippen LogP contribution is 2.15. The second-order valence-corrected chi connectivity index (χ2v) is 3.04. The van der Waals surface area contributed by atoms with Crippen molar-refractivity contribution in [3.05, 3.63) is 12.2 Å². The van der Waals surface area contributed by atoms with Crippen molar-refractivity contribution in [2.75, 3.05) is 7.05 Å². The normalized spacial score (nSPS) is 25.0. The Morgan fingerprint density at radius 3 is 2.40 bits per heavy atom. The van der Waals surface area contributed by atoms with Crippen molar-refractivity contribution < 1.29 is 4.79 Å². The van der Waals surface area contributed by atoms with Crippen molar-refractivity contribution in [1.82, 2.24) is 4.90 Å². The third kappa shape index (κ3) is 1.06. The summed E-state index contributed by atoms with van der Waals surface area (Å²) in [5.41, 5.74) is 0. The largest absolute Gasteiger partial charge is 0.336 e. The molecule has 0 aliphatic carbocycles. The molecule has 0 N–H and O–H groups in total. The minimum atomic E-state index is 0.124. The molecular weight excluding hydrogens is 126 g/mol. The lowest BCUT2D eigenvalue weighted by atomic mass is 10.1. The van der Waals surface area contributed by atoms with Gasteiger partial charge in [-0.3, -0.25) is 4.79 Å². The van der Waals surface area contributed by atoms with Gasteiger partial charge in [-0.1, -0.05) is 19.9 Å². The standard InChI is InChI=1S/C8H13NO/c1-6(2)7-4-5-8(10)9(7)3/h4-7H,1-3H3/t7-/m1/s1. The summed E-state index contributed by atoms with van der Waals surface area (Å²) >= 11 is 0. The van der Waals surface area contributed by atoms with Crippen molar-refractivity contribution in [2.24, 2.45) is 5.92 Å². The van der Waals surface area contributed by atoms with Gasteiger partial charge < -0.3 is 4.90 Å². The van der Waals surface area contributed by atoms with E-state index in [2.05, 4.69) is 13.8 Å². The first-order valence-corrected chi connectivity index (χ1v) is 3.58. The summed E-state index contributed by atoms with van der Waals surface area (Å²) in [6.07, 6.45) is 3.61. The Balaban J connectivity index is 2.66. The summed E-state index contributed by atoms with van der Waals surface area (Å²) < 4.78 is 0. The molecule has 56 valence electrons. The van der Waals surface area contributed by atoms with Gasteiger partial charge >= 0.3 is 0 Å². The Morgan fingerprint density at radius 2 is 2.20 bits per heavy atom. The molecule has 0 aromatic heterocycles. The SMILES string of the molecule is CC(C)[C@H]1C=CC(=O)N1C. The van der Waals surface area contributed by atoms with E-state index < -0.39 is 0 Å². The minimum Gasteiger partial charge on any atom is -0.336 e. The summed E-state index contributed by atoms with van der Waals surface area (Å²) in [4.78, 5) is 12.7. The Labute approximate surface area is 61.5 Å². The minimum absolute atomic E-state index is 0.124. The van der Waals surface area contributed by atoms with Crippen LogP contribution in [0.25, 0.3) is 0 Å². The summed E-state index contributed by atoms with van der Waals surface area (Å²) in [6, 6.07) is 0.312. The molecule has 0 spiro atoms. The average Bonchev–Trinajstić information content (AvgIpc) is 2.14. The molecule has 1 heterocycles. The lowest BCUT2D eigenvalue weighted by molar-refractivity contribution is -0.125. The molecule has 0 saturated carbocycles. The van der Waals surface area contributed by atoms with Gasteiger partial charge in [-0.05, 0) is 5.92 Å². The zero-order valence-electron chi connectivity index (χ0n) is 6.66. The van der Waals surface area contributed by atoms with Gasteiger partial charge in [-0.25, -0.2) is 0 Å². The highest BCUT2D eigenvalue weighted by atomic mass is 16.2. The molecule has 1 rings (SSSR count). The van der Waals surface area contributed by atoms with Crippen LogP contribution in [-0.2, 0) is 4.79 Å². The lowest BCUT2D eigenvalue weighted by Gasteiger charge is -2.22. The van der Waals surface area contributed by atoms with Crippen LogP contribution in [0.1, 0.15) is 13.8 Å².